The van der Waals surface area contributed by atoms with Gasteiger partial charge < -0.3 is 19.8 Å². The number of amidine groups is 1. The summed E-state index contributed by atoms with van der Waals surface area (Å²) in [5.74, 6) is 3.75. The van der Waals surface area contributed by atoms with E-state index in [2.05, 4.69) is 81.9 Å². The molecule has 0 aromatic carbocycles. The number of hydrogen-bond acceptors (Lipinski definition) is 5. The Balaban J connectivity index is 0.000000915. The van der Waals surface area contributed by atoms with Gasteiger partial charge in [0.25, 0.3) is 5.91 Å². The van der Waals surface area contributed by atoms with E-state index >= 15 is 0 Å². The van der Waals surface area contributed by atoms with Crippen LogP contribution in [0, 0.1) is 29.6 Å². The van der Waals surface area contributed by atoms with Crippen LogP contribution in [0.15, 0.2) is 53.6 Å². The number of piperazine rings is 1. The van der Waals surface area contributed by atoms with Crippen LogP contribution >= 0.6 is 0 Å². The molecule has 2 fully saturated rings. The highest BCUT2D eigenvalue weighted by Crippen LogP contribution is 2.46. The molecule has 0 radical (unpaired) electrons. The SMILES string of the molecule is C#CC.C=CCCC=C.CC(C)=C/C=C(\C)C(=O)O.CC(C)CCCN1C(=O)C(N2CCN(C)CC2)=NC12CCC(C(C)(C)C)CC2. The van der Waals surface area contributed by atoms with Gasteiger partial charge in [-0.1, -0.05) is 64.5 Å². The molecule has 3 aliphatic rings. The predicted molar refractivity (Wildman–Crippen MR) is 201 cm³/mol. The van der Waals surface area contributed by atoms with Crippen molar-refractivity contribution in [2.45, 2.75) is 119 Å². The molecule has 1 saturated carbocycles. The van der Waals surface area contributed by atoms with Gasteiger partial charge in [-0.2, -0.15) is 0 Å². The number of rotatable bonds is 9. The van der Waals surface area contributed by atoms with Crippen molar-refractivity contribution >= 4 is 17.7 Å². The van der Waals surface area contributed by atoms with Gasteiger partial charge in [0, 0.05) is 38.3 Å². The quantitative estimate of drug-likeness (QED) is 0.0888. The van der Waals surface area contributed by atoms with Gasteiger partial charge in [0.1, 0.15) is 5.66 Å². The first-order valence-corrected chi connectivity index (χ1v) is 17.5. The number of carbonyl (C=O) groups is 2. The van der Waals surface area contributed by atoms with Crippen molar-refractivity contribution in [2.24, 2.45) is 22.2 Å². The first-order chi connectivity index (χ1) is 22.0. The van der Waals surface area contributed by atoms with E-state index in [1.54, 1.807) is 26.0 Å². The summed E-state index contributed by atoms with van der Waals surface area (Å²) >= 11 is 0. The number of terminal acetylenes is 1. The van der Waals surface area contributed by atoms with Crippen molar-refractivity contribution in [2.75, 3.05) is 39.8 Å². The fourth-order valence-electron chi connectivity index (χ4n) is 5.73. The zero-order valence-corrected chi connectivity index (χ0v) is 31.7. The Hall–Kier alpha value is -3.11. The lowest BCUT2D eigenvalue weighted by Gasteiger charge is -2.44. The normalized spacial score (nSPS) is 21.2. The van der Waals surface area contributed by atoms with E-state index in [1.807, 2.05) is 26.0 Å². The smallest absolute Gasteiger partial charge is 0.331 e. The molecule has 0 atom stereocenters. The van der Waals surface area contributed by atoms with E-state index in [9.17, 15) is 9.59 Å². The average Bonchev–Trinajstić information content (AvgIpc) is 3.26. The van der Waals surface area contributed by atoms with Gasteiger partial charge in [0.05, 0.1) is 0 Å². The molecule has 0 bridgehead atoms. The third-order valence-electron chi connectivity index (χ3n) is 8.81. The number of likely N-dealkylation sites (N-methyl/N-ethyl adjacent to an activating group) is 1. The lowest BCUT2D eigenvalue weighted by Crippen LogP contribution is -2.52. The molecule has 7 nitrogen and oxygen atoms in total. The van der Waals surface area contributed by atoms with Gasteiger partial charge in [-0.05, 0) is 103 Å². The minimum atomic E-state index is -0.863. The Morgan fingerprint density at radius 2 is 1.57 bits per heavy atom. The molecule has 1 saturated heterocycles. The number of aliphatic imine (C=N–C) groups is 1. The van der Waals surface area contributed by atoms with Crippen LogP contribution in [-0.2, 0) is 9.59 Å². The van der Waals surface area contributed by atoms with Crippen LogP contribution in [0.5, 0.6) is 0 Å². The van der Waals surface area contributed by atoms with Crippen molar-refractivity contribution in [1.29, 1.82) is 0 Å². The van der Waals surface area contributed by atoms with Crippen molar-refractivity contribution in [3.63, 3.8) is 0 Å². The van der Waals surface area contributed by atoms with Gasteiger partial charge in [0.15, 0.2) is 5.84 Å². The van der Waals surface area contributed by atoms with E-state index < -0.39 is 5.97 Å². The highest BCUT2D eigenvalue weighted by molar-refractivity contribution is 6.39. The topological polar surface area (TPSA) is 76.5 Å². The molecule has 0 unspecified atom stereocenters. The van der Waals surface area contributed by atoms with Gasteiger partial charge >= 0.3 is 5.97 Å². The number of carboxylic acids is 1. The van der Waals surface area contributed by atoms with Gasteiger partial charge in [-0.25, -0.2) is 9.79 Å². The van der Waals surface area contributed by atoms with Crippen molar-refractivity contribution in [3.8, 4) is 12.3 Å². The summed E-state index contributed by atoms with van der Waals surface area (Å²) in [6.45, 7) is 30.5. The molecule has 1 amide bonds. The molecule has 3 rings (SSSR count). The maximum absolute atomic E-state index is 13.5. The Bertz CT molecular complexity index is 1090. The molecule has 47 heavy (non-hydrogen) atoms. The molecule has 0 aromatic heterocycles. The molecule has 1 spiro atoms. The van der Waals surface area contributed by atoms with Crippen LogP contribution in [0.1, 0.15) is 114 Å². The zero-order valence-electron chi connectivity index (χ0n) is 31.7. The first-order valence-electron chi connectivity index (χ1n) is 17.5. The van der Waals surface area contributed by atoms with E-state index in [-0.39, 0.29) is 11.6 Å². The number of amides is 1. The minimum absolute atomic E-state index is 0.197. The molecule has 2 aliphatic heterocycles. The summed E-state index contributed by atoms with van der Waals surface area (Å²) in [5, 5.41) is 8.40. The second-order valence-corrected chi connectivity index (χ2v) is 14.7. The molecular formula is C40H68N4O3. The van der Waals surface area contributed by atoms with E-state index in [0.29, 0.717) is 16.9 Å². The van der Waals surface area contributed by atoms with Gasteiger partial charge in [-0.3, -0.25) is 4.79 Å². The zero-order chi connectivity index (χ0) is 36.2. The Labute approximate surface area is 289 Å². The average molecular weight is 653 g/mol. The molecule has 7 heteroatoms. The number of carbonyl (C=O) groups excluding carboxylic acids is 1. The third-order valence-corrected chi connectivity index (χ3v) is 8.81. The molecule has 266 valence electrons. The maximum Gasteiger partial charge on any atom is 0.331 e. The number of unbranched alkanes of at least 4 members (excludes halogenated alkanes) is 1. The monoisotopic (exact) mass is 653 g/mol. The van der Waals surface area contributed by atoms with E-state index in [4.69, 9.17) is 10.1 Å². The summed E-state index contributed by atoms with van der Waals surface area (Å²) in [6, 6.07) is 0. The van der Waals surface area contributed by atoms with E-state index in [0.717, 1.165) is 82.2 Å². The summed E-state index contributed by atoms with van der Waals surface area (Å²) in [7, 11) is 2.16. The number of aliphatic carboxylic acids is 1. The standard InChI is InChI=1S/C23H42N4O.C8H12O2.C6H10.C3H4/c1-18(2)8-7-13-27-21(28)20(26-16-14-25(6)15-17-26)24-23(27)11-9-19(10-12-23)22(3,4)5;1-6(2)4-5-7(3)8(9)10;1-3-5-6-4-2;1-3-2/h18-19H,7-17H2,1-6H3;4-5H,1-3H3,(H,9,10);3-4H,1-2,5-6H2;1H,2H3/b;7-5+;;. The number of nitrogens with zero attached hydrogens (tertiary/aromatic N) is 4. The van der Waals surface area contributed by atoms with Crippen LogP contribution in [-0.4, -0.2) is 83.0 Å². The summed E-state index contributed by atoms with van der Waals surface area (Å²) in [5.41, 5.74) is 1.53. The molecular weight excluding hydrogens is 584 g/mol. The molecule has 0 aromatic rings. The molecule has 1 N–H and O–H groups in total. The highest BCUT2D eigenvalue weighted by Gasteiger charge is 2.50. The van der Waals surface area contributed by atoms with Crippen LogP contribution in [0.4, 0.5) is 0 Å². The van der Waals surface area contributed by atoms with Gasteiger partial charge in [0.2, 0.25) is 0 Å². The number of carboxylic acid groups (broad SMARTS) is 1. The summed E-state index contributed by atoms with van der Waals surface area (Å²) in [4.78, 5) is 35.6. The highest BCUT2D eigenvalue weighted by atomic mass is 16.4. The number of hydrogen-bond donors (Lipinski definition) is 1. The lowest BCUT2D eigenvalue weighted by atomic mass is 9.69. The minimum Gasteiger partial charge on any atom is -0.478 e. The largest absolute Gasteiger partial charge is 0.478 e. The van der Waals surface area contributed by atoms with Gasteiger partial charge in [-0.15, -0.1) is 25.5 Å². The molecule has 2 heterocycles. The summed E-state index contributed by atoms with van der Waals surface area (Å²) < 4.78 is 0. The van der Waals surface area contributed by atoms with Crippen LogP contribution < -0.4 is 0 Å². The van der Waals surface area contributed by atoms with Crippen LogP contribution in [0.2, 0.25) is 0 Å². The number of allylic oxidation sites excluding steroid dienone is 5. The Morgan fingerprint density at radius 1 is 1.06 bits per heavy atom. The van der Waals surface area contributed by atoms with Crippen molar-refractivity contribution in [1.82, 2.24) is 14.7 Å². The second kappa shape index (κ2) is 22.5. The van der Waals surface area contributed by atoms with E-state index in [1.165, 1.54) is 19.3 Å². The second-order valence-electron chi connectivity index (χ2n) is 14.7. The maximum atomic E-state index is 13.5. The first kappa shape index (κ1) is 43.9. The van der Waals surface area contributed by atoms with Crippen molar-refractivity contribution < 1.29 is 14.7 Å². The fraction of sp³-hybridized carbons (Fsp3) is 0.675. The lowest BCUT2D eigenvalue weighted by molar-refractivity contribution is -0.132. The molecule has 1 aliphatic carbocycles. The van der Waals surface area contributed by atoms with Crippen molar-refractivity contribution in [3.05, 3.63) is 48.6 Å². The third kappa shape index (κ3) is 16.5. The Morgan fingerprint density at radius 3 is 1.98 bits per heavy atom. The van der Waals surface area contributed by atoms with Crippen LogP contribution in [0.25, 0.3) is 0 Å². The Kier molecular flexibility index (Phi) is 21.0. The predicted octanol–water partition coefficient (Wildman–Crippen LogP) is 8.60. The fourth-order valence-corrected chi connectivity index (χ4v) is 5.73. The van der Waals surface area contributed by atoms with Crippen LogP contribution in [0.3, 0.4) is 0 Å². The summed E-state index contributed by atoms with van der Waals surface area (Å²) in [6.07, 6.45) is 20.5.